The van der Waals surface area contributed by atoms with E-state index in [-0.39, 0.29) is 5.41 Å². The Morgan fingerprint density at radius 1 is 1.28 bits per heavy atom. The lowest BCUT2D eigenvalue weighted by Gasteiger charge is -2.19. The van der Waals surface area contributed by atoms with Crippen LogP contribution in [-0.2, 0) is 10.0 Å². The van der Waals surface area contributed by atoms with Crippen LogP contribution in [0.25, 0.3) is 0 Å². The van der Waals surface area contributed by atoms with Crippen LogP contribution in [0.2, 0.25) is 0 Å². The first kappa shape index (κ1) is 13.1. The minimum Gasteiger partial charge on any atom is -0.267 e. The molecule has 0 saturated carbocycles. The zero-order valence-corrected chi connectivity index (χ0v) is 11.7. The van der Waals surface area contributed by atoms with E-state index in [0.29, 0.717) is 22.8 Å². The third-order valence-electron chi connectivity index (χ3n) is 3.29. The van der Waals surface area contributed by atoms with Crippen LogP contribution in [0, 0.1) is 5.41 Å². The monoisotopic (exact) mass is 266 g/mol. The second kappa shape index (κ2) is 4.39. The van der Waals surface area contributed by atoms with Crippen molar-refractivity contribution < 1.29 is 8.42 Å². The predicted molar refractivity (Wildman–Crippen MR) is 72.2 cm³/mol. The van der Waals surface area contributed by atoms with Crippen molar-refractivity contribution >= 4 is 15.9 Å². The smallest absolute Gasteiger partial charge is 0.263 e. The lowest BCUT2D eigenvalue weighted by molar-refractivity contribution is 0.366. The molecule has 0 saturated heterocycles. The Morgan fingerprint density at radius 3 is 2.61 bits per heavy atom. The van der Waals surface area contributed by atoms with Crippen molar-refractivity contribution in [1.82, 2.24) is 4.72 Å². The van der Waals surface area contributed by atoms with E-state index < -0.39 is 10.0 Å². The van der Waals surface area contributed by atoms with Gasteiger partial charge in [0.05, 0.1) is 4.90 Å². The van der Waals surface area contributed by atoms with E-state index in [9.17, 15) is 8.42 Å². The number of amidine groups is 1. The minimum atomic E-state index is -3.41. The molecule has 0 spiro atoms. The molecule has 0 amide bonds. The highest BCUT2D eigenvalue weighted by atomic mass is 32.2. The molecule has 0 unspecified atom stereocenters. The molecule has 0 atom stereocenters. The maximum atomic E-state index is 11.9. The molecular formula is C13H18N2O2S. The van der Waals surface area contributed by atoms with Gasteiger partial charge in [0.25, 0.3) is 10.0 Å². The van der Waals surface area contributed by atoms with Crippen LogP contribution in [0.1, 0.15) is 32.8 Å². The number of hydrogen-bond acceptors (Lipinski definition) is 3. The quantitative estimate of drug-likeness (QED) is 0.911. The summed E-state index contributed by atoms with van der Waals surface area (Å²) in [6, 6.07) is 6.93. The van der Waals surface area contributed by atoms with Gasteiger partial charge < -0.3 is 0 Å². The van der Waals surface area contributed by atoms with Gasteiger partial charge in [0.2, 0.25) is 0 Å². The maximum Gasteiger partial charge on any atom is 0.263 e. The molecule has 1 aliphatic heterocycles. The van der Waals surface area contributed by atoms with E-state index in [1.165, 1.54) is 0 Å². The molecule has 5 heteroatoms. The Bertz CT molecular complexity index is 589. The number of sulfonamides is 1. The third kappa shape index (κ3) is 2.41. The van der Waals surface area contributed by atoms with Crippen LogP contribution < -0.4 is 4.72 Å². The van der Waals surface area contributed by atoms with Crippen LogP contribution in [0.15, 0.2) is 34.2 Å². The fourth-order valence-corrected chi connectivity index (χ4v) is 2.91. The molecule has 18 heavy (non-hydrogen) atoms. The fraction of sp³-hybridized carbons (Fsp3) is 0.462. The highest BCUT2D eigenvalue weighted by Crippen LogP contribution is 2.24. The number of hydrogen-bond donors (Lipinski definition) is 1. The second-order valence-electron chi connectivity index (χ2n) is 5.28. The zero-order valence-electron chi connectivity index (χ0n) is 10.9. The molecule has 0 bridgehead atoms. The number of aliphatic imine (C=N–C) groups is 1. The third-order valence-corrected chi connectivity index (χ3v) is 4.68. The maximum absolute atomic E-state index is 11.9. The van der Waals surface area contributed by atoms with Crippen molar-refractivity contribution in [2.24, 2.45) is 10.4 Å². The van der Waals surface area contributed by atoms with Gasteiger partial charge in [0, 0.05) is 12.1 Å². The second-order valence-corrected chi connectivity index (χ2v) is 6.94. The van der Waals surface area contributed by atoms with Gasteiger partial charge in [-0.05, 0) is 24.0 Å². The first-order valence-corrected chi connectivity index (χ1v) is 7.51. The first-order valence-electron chi connectivity index (χ1n) is 6.02. The van der Waals surface area contributed by atoms with Gasteiger partial charge in [-0.15, -0.1) is 0 Å². The van der Waals surface area contributed by atoms with Gasteiger partial charge in [0.15, 0.2) is 0 Å². The zero-order chi connectivity index (χ0) is 13.4. The molecule has 0 aliphatic carbocycles. The molecular weight excluding hydrogens is 248 g/mol. The molecule has 0 radical (unpaired) electrons. The van der Waals surface area contributed by atoms with Crippen molar-refractivity contribution in [1.29, 1.82) is 0 Å². The van der Waals surface area contributed by atoms with E-state index >= 15 is 0 Å². The predicted octanol–water partition coefficient (Wildman–Crippen LogP) is 2.16. The van der Waals surface area contributed by atoms with Crippen molar-refractivity contribution in [3.63, 3.8) is 0 Å². The molecule has 1 aliphatic rings. The van der Waals surface area contributed by atoms with E-state index in [4.69, 9.17) is 0 Å². The van der Waals surface area contributed by atoms with Gasteiger partial charge >= 0.3 is 0 Å². The average Bonchev–Trinajstić information content (AvgIpc) is 2.60. The van der Waals surface area contributed by atoms with Gasteiger partial charge in [0.1, 0.15) is 5.84 Å². The minimum absolute atomic E-state index is 0.0793. The van der Waals surface area contributed by atoms with Gasteiger partial charge in [-0.2, -0.15) is 0 Å². The summed E-state index contributed by atoms with van der Waals surface area (Å²) in [7, 11) is -3.41. The van der Waals surface area contributed by atoms with E-state index in [0.717, 1.165) is 6.42 Å². The number of fused-ring (bicyclic) bond motifs is 1. The highest BCUT2D eigenvalue weighted by molar-refractivity contribution is 7.90. The molecule has 1 N–H and O–H groups in total. The molecule has 1 heterocycles. The summed E-state index contributed by atoms with van der Waals surface area (Å²) in [6.45, 7) is 6.95. The van der Waals surface area contributed by atoms with Crippen molar-refractivity contribution in [2.45, 2.75) is 32.1 Å². The Kier molecular flexibility index (Phi) is 3.19. The van der Waals surface area contributed by atoms with E-state index in [1.807, 2.05) is 6.07 Å². The molecule has 1 aromatic rings. The van der Waals surface area contributed by atoms with Crippen LogP contribution >= 0.6 is 0 Å². The molecule has 98 valence electrons. The summed E-state index contributed by atoms with van der Waals surface area (Å²) in [6.07, 6.45) is 0.998. The summed E-state index contributed by atoms with van der Waals surface area (Å²) in [5.74, 6) is 0.465. The molecule has 2 rings (SSSR count). The normalized spacial score (nSPS) is 19.6. The summed E-state index contributed by atoms with van der Waals surface area (Å²) in [5.41, 5.74) is 0.750. The average molecular weight is 266 g/mol. The lowest BCUT2D eigenvalue weighted by Crippen LogP contribution is -2.24. The van der Waals surface area contributed by atoms with E-state index in [2.05, 4.69) is 30.5 Å². The number of nitrogens with zero attached hydrogens (tertiary/aromatic N) is 1. The van der Waals surface area contributed by atoms with Gasteiger partial charge in [-0.3, -0.25) is 9.71 Å². The Labute approximate surface area is 108 Å². The Balaban J connectivity index is 2.37. The van der Waals surface area contributed by atoms with Crippen molar-refractivity contribution in [3.05, 3.63) is 29.8 Å². The van der Waals surface area contributed by atoms with Crippen LogP contribution in [0.4, 0.5) is 0 Å². The SMILES string of the molecule is CCC(C)(C)CN=C1NS(=O)(=O)c2ccccc21. The summed E-state index contributed by atoms with van der Waals surface area (Å²) in [4.78, 5) is 4.75. The van der Waals surface area contributed by atoms with Crippen molar-refractivity contribution in [2.75, 3.05) is 6.54 Å². The molecule has 4 nitrogen and oxygen atoms in total. The van der Waals surface area contributed by atoms with Gasteiger partial charge in [-0.1, -0.05) is 32.9 Å². The lowest BCUT2D eigenvalue weighted by atomic mass is 9.91. The van der Waals surface area contributed by atoms with Crippen LogP contribution in [0.3, 0.4) is 0 Å². The van der Waals surface area contributed by atoms with Crippen molar-refractivity contribution in [3.8, 4) is 0 Å². The van der Waals surface area contributed by atoms with E-state index in [1.54, 1.807) is 18.2 Å². The van der Waals surface area contributed by atoms with Crippen LogP contribution in [0.5, 0.6) is 0 Å². The molecule has 0 aromatic heterocycles. The Morgan fingerprint density at radius 2 is 1.94 bits per heavy atom. The number of benzene rings is 1. The topological polar surface area (TPSA) is 58.5 Å². The first-order chi connectivity index (χ1) is 8.36. The fourth-order valence-electron chi connectivity index (χ4n) is 1.66. The van der Waals surface area contributed by atoms with Crippen LogP contribution in [-0.4, -0.2) is 20.8 Å². The number of nitrogens with one attached hydrogen (secondary N) is 1. The summed E-state index contributed by atoms with van der Waals surface area (Å²) in [5, 5.41) is 0. The van der Waals surface area contributed by atoms with Gasteiger partial charge in [-0.25, -0.2) is 8.42 Å². The molecule has 0 fully saturated rings. The largest absolute Gasteiger partial charge is 0.267 e. The summed E-state index contributed by atoms with van der Waals surface area (Å²) >= 11 is 0. The highest BCUT2D eigenvalue weighted by Gasteiger charge is 2.30. The molecule has 1 aromatic carbocycles. The summed E-state index contributed by atoms with van der Waals surface area (Å²) < 4.78 is 26.2. The standard InChI is InChI=1S/C13H18N2O2S/c1-4-13(2,3)9-14-12-10-7-5-6-8-11(10)18(16,17)15-12/h5-8H,4,9H2,1-3H3,(H,14,15). The Hall–Kier alpha value is -1.36. The number of rotatable bonds is 3.